The first-order valence-electron chi connectivity index (χ1n) is 3.36. The van der Waals surface area contributed by atoms with E-state index < -0.39 is 11.1 Å². The van der Waals surface area contributed by atoms with Crippen LogP contribution >= 0.6 is 11.3 Å². The second-order valence-corrected chi connectivity index (χ2v) is 3.64. The Balaban J connectivity index is 2.23. The van der Waals surface area contributed by atoms with Gasteiger partial charge >= 0.3 is 6.18 Å². The lowest BCUT2D eigenvalue weighted by Crippen LogP contribution is -2.00. The lowest BCUT2D eigenvalue weighted by Gasteiger charge is -2.00. The van der Waals surface area contributed by atoms with Crippen molar-refractivity contribution in [2.45, 2.75) is 12.3 Å². The molecule has 0 spiro atoms. The number of thiophene rings is 1. The maximum atomic E-state index is 12.1. The summed E-state index contributed by atoms with van der Waals surface area (Å²) in [6, 6.07) is 2.58. The Morgan fingerprint density at radius 2 is 2.08 bits per heavy atom. The number of hydrogen-bond acceptors (Lipinski definition) is 2. The Hall–Kier alpha value is -0.550. The average Bonchev–Trinajstić information content (AvgIpc) is 2.66. The summed E-state index contributed by atoms with van der Waals surface area (Å²) in [6.45, 7) is 0.553. The minimum absolute atomic E-state index is 0.0777. The molecular formula is C7H5F3OS. The van der Waals surface area contributed by atoms with Gasteiger partial charge in [-0.15, -0.1) is 11.3 Å². The summed E-state index contributed by atoms with van der Waals surface area (Å²) >= 11 is 0.760. The van der Waals surface area contributed by atoms with Crippen LogP contribution in [0.2, 0.25) is 0 Å². The highest BCUT2D eigenvalue weighted by Gasteiger charge is 2.35. The van der Waals surface area contributed by atoms with Gasteiger partial charge in [0.2, 0.25) is 0 Å². The Morgan fingerprint density at radius 1 is 1.42 bits per heavy atom. The molecule has 1 aromatic rings. The average molecular weight is 194 g/mol. The smallest absolute Gasteiger partial charge is 0.367 e. The fourth-order valence-corrected chi connectivity index (χ4v) is 1.80. The van der Waals surface area contributed by atoms with Crippen molar-refractivity contribution in [3.05, 3.63) is 21.9 Å². The fraction of sp³-hybridized carbons (Fsp3) is 0.429. The molecule has 0 radical (unpaired) electrons. The van der Waals surface area contributed by atoms with E-state index in [1.54, 1.807) is 0 Å². The number of epoxide rings is 1. The van der Waals surface area contributed by atoms with Crippen LogP contribution in [0.25, 0.3) is 0 Å². The third-order valence-corrected chi connectivity index (χ3v) is 2.78. The largest absolute Gasteiger partial charge is 0.425 e. The van der Waals surface area contributed by atoms with E-state index in [0.29, 0.717) is 11.5 Å². The first kappa shape index (κ1) is 8.07. The molecule has 0 aliphatic carbocycles. The number of alkyl halides is 3. The predicted molar refractivity (Wildman–Crippen MR) is 38.0 cm³/mol. The van der Waals surface area contributed by atoms with E-state index in [4.69, 9.17) is 4.74 Å². The highest BCUT2D eigenvalue weighted by Crippen LogP contribution is 2.40. The highest BCUT2D eigenvalue weighted by molar-refractivity contribution is 7.12. The molecule has 1 nitrogen and oxygen atoms in total. The van der Waals surface area contributed by atoms with Crippen LogP contribution in [-0.4, -0.2) is 6.61 Å². The molecule has 1 atom stereocenters. The molecule has 2 heterocycles. The van der Waals surface area contributed by atoms with Crippen molar-refractivity contribution in [2.24, 2.45) is 0 Å². The molecule has 0 unspecified atom stereocenters. The molecule has 5 heteroatoms. The Kier molecular flexibility index (Phi) is 1.66. The van der Waals surface area contributed by atoms with Gasteiger partial charge in [0, 0.05) is 4.88 Å². The third kappa shape index (κ3) is 1.47. The van der Waals surface area contributed by atoms with Crippen LogP contribution < -0.4 is 0 Å². The standard InChI is InChI=1S/C7H5F3OS/c8-7(9,10)6-2-1-5(12-6)4-3-11-4/h1-2,4H,3H2/t4-/m1/s1. The molecule has 0 N–H and O–H groups in total. The summed E-state index contributed by atoms with van der Waals surface area (Å²) in [5, 5.41) is 0. The van der Waals surface area contributed by atoms with E-state index >= 15 is 0 Å². The van der Waals surface area contributed by atoms with E-state index in [9.17, 15) is 13.2 Å². The van der Waals surface area contributed by atoms with Gasteiger partial charge in [0.25, 0.3) is 0 Å². The number of hydrogen-bond donors (Lipinski definition) is 0. The van der Waals surface area contributed by atoms with Crippen LogP contribution in [0.1, 0.15) is 15.9 Å². The molecule has 0 saturated carbocycles. The maximum absolute atomic E-state index is 12.1. The highest BCUT2D eigenvalue weighted by atomic mass is 32.1. The minimum Gasteiger partial charge on any atom is -0.367 e. The second-order valence-electron chi connectivity index (χ2n) is 2.52. The van der Waals surface area contributed by atoms with Crippen LogP contribution in [0.4, 0.5) is 13.2 Å². The zero-order valence-electron chi connectivity index (χ0n) is 5.89. The molecule has 2 rings (SSSR count). The Labute approximate surface area is 70.8 Å². The minimum atomic E-state index is -4.21. The van der Waals surface area contributed by atoms with Crippen LogP contribution in [0.5, 0.6) is 0 Å². The lowest BCUT2D eigenvalue weighted by atomic mass is 10.3. The first-order chi connectivity index (χ1) is 5.57. The first-order valence-corrected chi connectivity index (χ1v) is 4.17. The van der Waals surface area contributed by atoms with Crippen molar-refractivity contribution < 1.29 is 17.9 Å². The van der Waals surface area contributed by atoms with Crippen molar-refractivity contribution in [2.75, 3.05) is 6.61 Å². The summed E-state index contributed by atoms with van der Waals surface area (Å²) < 4.78 is 41.0. The monoisotopic (exact) mass is 194 g/mol. The van der Waals surface area contributed by atoms with Crippen LogP contribution in [0.15, 0.2) is 12.1 Å². The van der Waals surface area contributed by atoms with Crippen LogP contribution in [0.3, 0.4) is 0 Å². The molecule has 1 aliphatic heterocycles. The van der Waals surface area contributed by atoms with Gasteiger partial charge in [-0.1, -0.05) is 0 Å². The maximum Gasteiger partial charge on any atom is 0.425 e. The summed E-state index contributed by atoms with van der Waals surface area (Å²) in [7, 11) is 0. The number of halogens is 3. The van der Waals surface area contributed by atoms with E-state index in [1.165, 1.54) is 6.07 Å². The Bertz CT molecular complexity index is 287. The van der Waals surface area contributed by atoms with Gasteiger partial charge in [-0.2, -0.15) is 13.2 Å². The molecule has 66 valence electrons. The topological polar surface area (TPSA) is 12.5 Å². The van der Waals surface area contributed by atoms with Gasteiger partial charge in [-0.05, 0) is 12.1 Å². The predicted octanol–water partition coefficient (Wildman–Crippen LogP) is 2.84. The molecule has 1 saturated heterocycles. The molecule has 1 fully saturated rings. The number of rotatable bonds is 1. The zero-order valence-corrected chi connectivity index (χ0v) is 6.71. The summed E-state index contributed by atoms with van der Waals surface area (Å²) in [4.78, 5) is 0.121. The van der Waals surface area contributed by atoms with Crippen molar-refractivity contribution >= 4 is 11.3 Å². The van der Waals surface area contributed by atoms with Crippen molar-refractivity contribution in [1.29, 1.82) is 0 Å². The van der Waals surface area contributed by atoms with Gasteiger partial charge < -0.3 is 4.74 Å². The molecular weight excluding hydrogens is 189 g/mol. The van der Waals surface area contributed by atoms with Crippen LogP contribution in [-0.2, 0) is 10.9 Å². The molecule has 0 bridgehead atoms. The van der Waals surface area contributed by atoms with Crippen molar-refractivity contribution in [3.63, 3.8) is 0 Å². The van der Waals surface area contributed by atoms with Gasteiger partial charge in [-0.3, -0.25) is 0 Å². The van der Waals surface area contributed by atoms with E-state index in [0.717, 1.165) is 17.4 Å². The molecule has 0 amide bonds. The lowest BCUT2D eigenvalue weighted by molar-refractivity contribution is -0.134. The quantitative estimate of drug-likeness (QED) is 0.626. The van der Waals surface area contributed by atoms with E-state index in [-0.39, 0.29) is 6.10 Å². The van der Waals surface area contributed by atoms with Crippen molar-refractivity contribution in [3.8, 4) is 0 Å². The Morgan fingerprint density at radius 3 is 2.50 bits per heavy atom. The normalized spacial score (nSPS) is 22.8. The second kappa shape index (κ2) is 2.47. The van der Waals surface area contributed by atoms with Gasteiger partial charge in [0.1, 0.15) is 11.0 Å². The van der Waals surface area contributed by atoms with Gasteiger partial charge in [0.05, 0.1) is 6.61 Å². The van der Waals surface area contributed by atoms with Gasteiger partial charge in [-0.25, -0.2) is 0 Å². The van der Waals surface area contributed by atoms with Crippen molar-refractivity contribution in [1.82, 2.24) is 0 Å². The van der Waals surface area contributed by atoms with Crippen LogP contribution in [0, 0.1) is 0 Å². The molecule has 12 heavy (non-hydrogen) atoms. The van der Waals surface area contributed by atoms with Gasteiger partial charge in [0.15, 0.2) is 0 Å². The molecule has 1 aromatic heterocycles. The zero-order chi connectivity index (χ0) is 8.77. The molecule has 1 aliphatic rings. The van der Waals surface area contributed by atoms with E-state index in [1.807, 2.05) is 0 Å². The summed E-state index contributed by atoms with van der Waals surface area (Å²) in [5.41, 5.74) is 0. The fourth-order valence-electron chi connectivity index (χ4n) is 0.891. The molecule has 0 aromatic carbocycles. The summed E-state index contributed by atoms with van der Waals surface area (Å²) in [6.07, 6.45) is -4.29. The van der Waals surface area contributed by atoms with E-state index in [2.05, 4.69) is 0 Å². The SMILES string of the molecule is FC(F)(F)c1ccc([C@H]2CO2)s1. The third-order valence-electron chi connectivity index (χ3n) is 1.56. The summed E-state index contributed by atoms with van der Waals surface area (Å²) in [5.74, 6) is 0. The number of ether oxygens (including phenoxy) is 1.